The maximum absolute atomic E-state index is 11.2. The Morgan fingerprint density at radius 2 is 2.38 bits per heavy atom. The SMILES string of the molecule is CC(C)CNC(=O)c1nc([O])c[nH]1. The van der Waals surface area contributed by atoms with Gasteiger partial charge in [0.1, 0.15) is 0 Å². The second kappa shape index (κ2) is 3.93. The average Bonchev–Trinajstić information content (AvgIpc) is 2.47. The van der Waals surface area contributed by atoms with Crippen molar-refractivity contribution in [2.45, 2.75) is 13.8 Å². The largest absolute Gasteiger partial charge is 0.349 e. The van der Waals surface area contributed by atoms with Crippen LogP contribution in [-0.4, -0.2) is 22.4 Å². The predicted molar refractivity (Wildman–Crippen MR) is 45.9 cm³/mol. The van der Waals surface area contributed by atoms with Crippen LogP contribution in [0.4, 0.5) is 0 Å². The number of hydrogen-bond acceptors (Lipinski definition) is 2. The first kappa shape index (κ1) is 9.57. The highest BCUT2D eigenvalue weighted by atomic mass is 16.3. The lowest BCUT2D eigenvalue weighted by atomic mass is 10.2. The van der Waals surface area contributed by atoms with Crippen molar-refractivity contribution >= 4 is 5.91 Å². The number of nitrogens with zero attached hydrogens (tertiary/aromatic N) is 1. The second-order valence-electron chi connectivity index (χ2n) is 3.19. The topological polar surface area (TPSA) is 77.7 Å². The highest BCUT2D eigenvalue weighted by Crippen LogP contribution is 2.03. The van der Waals surface area contributed by atoms with E-state index in [0.29, 0.717) is 12.5 Å². The number of H-pyrrole nitrogens is 1. The summed E-state index contributed by atoms with van der Waals surface area (Å²) in [6.45, 7) is 4.55. The van der Waals surface area contributed by atoms with E-state index in [2.05, 4.69) is 15.3 Å². The number of nitrogens with one attached hydrogen (secondary N) is 2. The first-order chi connectivity index (χ1) is 6.09. The molecule has 0 aliphatic rings. The standard InChI is InChI=1S/C8H12N3O2/c1-5(2)3-10-8(13)7-9-4-6(12)11-7/h4-5H,3H2,1-2H3,(H,9,11)(H,10,13). The number of rotatable bonds is 3. The van der Waals surface area contributed by atoms with Gasteiger partial charge >= 0.3 is 0 Å². The van der Waals surface area contributed by atoms with Crippen LogP contribution in [0.3, 0.4) is 0 Å². The molecule has 0 fully saturated rings. The van der Waals surface area contributed by atoms with Gasteiger partial charge in [0.25, 0.3) is 11.8 Å². The minimum atomic E-state index is -0.422. The van der Waals surface area contributed by atoms with E-state index in [0.717, 1.165) is 6.20 Å². The number of carbonyl (C=O) groups is 1. The molecule has 0 saturated heterocycles. The Bertz CT molecular complexity index is 293. The summed E-state index contributed by atoms with van der Waals surface area (Å²) in [5.41, 5.74) is 0. The molecule has 0 saturated carbocycles. The number of amides is 1. The van der Waals surface area contributed by atoms with Crippen molar-refractivity contribution in [3.05, 3.63) is 12.0 Å². The molecular formula is C8H12N3O2. The van der Waals surface area contributed by atoms with Gasteiger partial charge in [0.15, 0.2) is 5.82 Å². The van der Waals surface area contributed by atoms with Gasteiger partial charge in [0.05, 0.1) is 6.20 Å². The van der Waals surface area contributed by atoms with Crippen molar-refractivity contribution in [1.82, 2.24) is 15.3 Å². The summed E-state index contributed by atoms with van der Waals surface area (Å²) in [5.74, 6) is -0.304. The van der Waals surface area contributed by atoms with E-state index in [9.17, 15) is 9.90 Å². The smallest absolute Gasteiger partial charge is 0.288 e. The van der Waals surface area contributed by atoms with E-state index in [1.807, 2.05) is 13.8 Å². The Balaban J connectivity index is 2.49. The quantitative estimate of drug-likeness (QED) is 0.729. The Hall–Kier alpha value is -1.52. The fraction of sp³-hybridized carbons (Fsp3) is 0.500. The molecule has 0 unspecified atom stereocenters. The normalized spacial score (nSPS) is 10.4. The Morgan fingerprint density at radius 3 is 2.85 bits per heavy atom. The minimum Gasteiger partial charge on any atom is -0.349 e. The van der Waals surface area contributed by atoms with E-state index < -0.39 is 5.88 Å². The van der Waals surface area contributed by atoms with Crippen molar-refractivity contribution < 1.29 is 9.90 Å². The van der Waals surface area contributed by atoms with Crippen LogP contribution in [0.25, 0.3) is 0 Å². The average molecular weight is 182 g/mol. The van der Waals surface area contributed by atoms with Crippen LogP contribution < -0.4 is 5.32 Å². The maximum Gasteiger partial charge on any atom is 0.288 e. The van der Waals surface area contributed by atoms with Crippen molar-refractivity contribution in [1.29, 1.82) is 0 Å². The molecule has 2 N–H and O–H groups in total. The molecule has 1 aromatic rings. The monoisotopic (exact) mass is 182 g/mol. The first-order valence-electron chi connectivity index (χ1n) is 4.10. The van der Waals surface area contributed by atoms with E-state index in [4.69, 9.17) is 0 Å². The van der Waals surface area contributed by atoms with Gasteiger partial charge in [-0.05, 0) is 5.92 Å². The van der Waals surface area contributed by atoms with Crippen molar-refractivity contribution in [2.75, 3.05) is 6.54 Å². The van der Waals surface area contributed by atoms with Gasteiger partial charge in [-0.2, -0.15) is 4.98 Å². The molecule has 0 spiro atoms. The summed E-state index contributed by atoms with van der Waals surface area (Å²) in [4.78, 5) is 17.2. The van der Waals surface area contributed by atoms with Crippen molar-refractivity contribution in [3.63, 3.8) is 0 Å². The highest BCUT2D eigenvalue weighted by molar-refractivity contribution is 5.90. The third kappa shape index (κ3) is 2.77. The van der Waals surface area contributed by atoms with Gasteiger partial charge < -0.3 is 10.3 Å². The van der Waals surface area contributed by atoms with Crippen LogP contribution in [0.2, 0.25) is 0 Å². The van der Waals surface area contributed by atoms with Gasteiger partial charge in [0, 0.05) is 6.54 Å². The number of aromatic nitrogens is 2. The summed E-state index contributed by atoms with van der Waals surface area (Å²) >= 11 is 0. The molecule has 1 aromatic heterocycles. The van der Waals surface area contributed by atoms with E-state index in [-0.39, 0.29) is 11.7 Å². The molecule has 1 heterocycles. The zero-order chi connectivity index (χ0) is 9.84. The molecule has 0 atom stereocenters. The van der Waals surface area contributed by atoms with Gasteiger partial charge in [-0.1, -0.05) is 13.8 Å². The van der Waals surface area contributed by atoms with Crippen LogP contribution in [0.1, 0.15) is 24.5 Å². The lowest BCUT2D eigenvalue weighted by Gasteiger charge is -2.04. The second-order valence-corrected chi connectivity index (χ2v) is 3.19. The fourth-order valence-electron chi connectivity index (χ4n) is 0.802. The summed E-state index contributed by atoms with van der Waals surface area (Å²) in [5, 5.41) is 13.3. The number of aromatic amines is 1. The molecule has 71 valence electrons. The third-order valence-electron chi connectivity index (χ3n) is 1.44. The molecule has 5 nitrogen and oxygen atoms in total. The molecule has 0 aromatic carbocycles. The maximum atomic E-state index is 11.2. The highest BCUT2D eigenvalue weighted by Gasteiger charge is 2.10. The van der Waals surface area contributed by atoms with E-state index in [1.165, 1.54) is 0 Å². The van der Waals surface area contributed by atoms with Crippen molar-refractivity contribution in [2.24, 2.45) is 5.92 Å². The fourth-order valence-corrected chi connectivity index (χ4v) is 0.802. The van der Waals surface area contributed by atoms with Crippen LogP contribution >= 0.6 is 0 Å². The summed E-state index contributed by atoms with van der Waals surface area (Å²) in [7, 11) is 0. The molecule has 13 heavy (non-hydrogen) atoms. The molecule has 5 heteroatoms. The van der Waals surface area contributed by atoms with Crippen LogP contribution in [-0.2, 0) is 5.11 Å². The Morgan fingerprint density at radius 1 is 1.69 bits per heavy atom. The van der Waals surface area contributed by atoms with Crippen molar-refractivity contribution in [3.8, 4) is 5.88 Å². The molecule has 0 bridgehead atoms. The number of carbonyl (C=O) groups excluding carboxylic acids is 1. The molecule has 0 aliphatic carbocycles. The summed E-state index contributed by atoms with van der Waals surface area (Å²) < 4.78 is 0. The van der Waals surface area contributed by atoms with Crippen LogP contribution in [0.15, 0.2) is 6.20 Å². The third-order valence-corrected chi connectivity index (χ3v) is 1.44. The van der Waals surface area contributed by atoms with Gasteiger partial charge in [-0.3, -0.25) is 9.90 Å². The van der Waals surface area contributed by atoms with E-state index >= 15 is 0 Å². The first-order valence-corrected chi connectivity index (χ1v) is 4.10. The Kier molecular flexibility index (Phi) is 2.89. The van der Waals surface area contributed by atoms with Crippen LogP contribution in [0, 0.1) is 5.92 Å². The molecule has 0 aliphatic heterocycles. The Labute approximate surface area is 76.2 Å². The summed E-state index contributed by atoms with van der Waals surface area (Å²) in [6.07, 6.45) is 1.16. The summed E-state index contributed by atoms with van der Waals surface area (Å²) in [6, 6.07) is 0. The number of hydrogen-bond donors (Lipinski definition) is 2. The number of imidazole rings is 1. The lowest BCUT2D eigenvalue weighted by molar-refractivity contribution is 0.0938. The lowest BCUT2D eigenvalue weighted by Crippen LogP contribution is -2.28. The van der Waals surface area contributed by atoms with E-state index in [1.54, 1.807) is 0 Å². The zero-order valence-electron chi connectivity index (χ0n) is 7.63. The predicted octanol–water partition coefficient (Wildman–Crippen LogP) is 0.939. The zero-order valence-corrected chi connectivity index (χ0v) is 7.63. The molecular weight excluding hydrogens is 170 g/mol. The van der Waals surface area contributed by atoms with Gasteiger partial charge in [-0.15, -0.1) is 0 Å². The molecule has 1 amide bonds. The minimum absolute atomic E-state index is 0.0747. The van der Waals surface area contributed by atoms with Gasteiger partial charge in [0.2, 0.25) is 0 Å². The molecule has 1 rings (SSSR count). The van der Waals surface area contributed by atoms with Crippen LogP contribution in [0.5, 0.6) is 5.88 Å². The molecule has 1 radical (unpaired) electrons. The van der Waals surface area contributed by atoms with Gasteiger partial charge in [-0.25, -0.2) is 0 Å².